The lowest BCUT2D eigenvalue weighted by molar-refractivity contribution is -0.162. The Balaban J connectivity index is 2.61. The van der Waals surface area contributed by atoms with E-state index in [1.807, 2.05) is 6.92 Å². The lowest BCUT2D eigenvalue weighted by atomic mass is 9.97. The molecule has 1 fully saturated rings. The van der Waals surface area contributed by atoms with E-state index in [1.54, 1.807) is 0 Å². The molecule has 0 amide bonds. The van der Waals surface area contributed by atoms with Crippen LogP contribution in [-0.2, 0) is 9.53 Å². The molecule has 1 aliphatic rings. The summed E-state index contributed by atoms with van der Waals surface area (Å²) in [5.41, 5.74) is -0.150. The summed E-state index contributed by atoms with van der Waals surface area (Å²) in [5, 5.41) is -0.403. The van der Waals surface area contributed by atoms with Crippen molar-refractivity contribution in [1.82, 2.24) is 0 Å². The van der Waals surface area contributed by atoms with Crippen LogP contribution in [0, 0.1) is 0 Å². The Bertz CT molecular complexity index is 242. The third-order valence-electron chi connectivity index (χ3n) is 3.70. The van der Waals surface area contributed by atoms with Crippen molar-refractivity contribution < 1.29 is 9.53 Å². The molecule has 0 radical (unpaired) electrons. The zero-order valence-corrected chi connectivity index (χ0v) is 12.0. The maximum Gasteiger partial charge on any atom is 0.316 e. The molecule has 0 aromatic carbocycles. The van der Waals surface area contributed by atoms with Gasteiger partial charge in [0, 0.05) is 0 Å². The van der Waals surface area contributed by atoms with Crippen molar-refractivity contribution in [3.63, 3.8) is 0 Å². The van der Waals surface area contributed by atoms with Gasteiger partial charge in [-0.15, -0.1) is 9.24 Å². The van der Waals surface area contributed by atoms with E-state index in [0.717, 1.165) is 32.1 Å². The van der Waals surface area contributed by atoms with E-state index in [-0.39, 0.29) is 11.6 Å². The predicted octanol–water partition coefficient (Wildman–Crippen LogP) is 3.69. The number of hydrogen-bond donors (Lipinski definition) is 0. The predicted molar refractivity (Wildman–Crippen MR) is 70.6 cm³/mol. The highest BCUT2D eigenvalue weighted by Crippen LogP contribution is 2.38. The highest BCUT2D eigenvalue weighted by atomic mass is 31.0. The van der Waals surface area contributed by atoms with Crippen LogP contribution in [0.3, 0.4) is 0 Å². The highest BCUT2D eigenvalue weighted by Gasteiger charge is 2.39. The van der Waals surface area contributed by atoms with Crippen LogP contribution in [0.15, 0.2) is 0 Å². The van der Waals surface area contributed by atoms with Crippen molar-refractivity contribution in [1.29, 1.82) is 0 Å². The third kappa shape index (κ3) is 3.20. The van der Waals surface area contributed by atoms with E-state index < -0.39 is 5.16 Å². The van der Waals surface area contributed by atoms with Gasteiger partial charge >= 0.3 is 5.97 Å². The summed E-state index contributed by atoms with van der Waals surface area (Å²) in [6, 6.07) is 0. The number of esters is 1. The fourth-order valence-corrected chi connectivity index (χ4v) is 2.83. The molecule has 1 aliphatic carbocycles. The summed E-state index contributed by atoms with van der Waals surface area (Å²) in [6.45, 7) is 6.18. The first-order valence-corrected chi connectivity index (χ1v) is 7.06. The van der Waals surface area contributed by atoms with Gasteiger partial charge in [-0.25, -0.2) is 0 Å². The SMILES string of the molecule is CCCC(C)(P)C(=O)OC1(CC)CCCC1. The zero-order valence-electron chi connectivity index (χ0n) is 10.8. The van der Waals surface area contributed by atoms with Gasteiger partial charge in [0.15, 0.2) is 0 Å². The monoisotopic (exact) mass is 244 g/mol. The van der Waals surface area contributed by atoms with E-state index in [4.69, 9.17) is 4.74 Å². The minimum atomic E-state index is -0.403. The molecule has 1 rings (SSSR count). The molecule has 0 aromatic heterocycles. The quantitative estimate of drug-likeness (QED) is 0.544. The van der Waals surface area contributed by atoms with Gasteiger partial charge in [0.05, 0.1) is 5.16 Å². The summed E-state index contributed by atoms with van der Waals surface area (Å²) in [4.78, 5) is 12.1. The van der Waals surface area contributed by atoms with Gasteiger partial charge in [-0.1, -0.05) is 20.3 Å². The number of carbonyl (C=O) groups is 1. The zero-order chi connectivity index (χ0) is 12.2. The molecule has 0 bridgehead atoms. The Labute approximate surface area is 102 Å². The standard InChI is InChI=1S/C13H25O2P/c1-4-8-12(3,16)11(14)15-13(5-2)9-6-7-10-13/h4-10,16H2,1-3H3. The van der Waals surface area contributed by atoms with E-state index in [0.29, 0.717) is 0 Å². The Kier molecular flexibility index (Phi) is 4.79. The number of ether oxygens (including phenoxy) is 1. The molecule has 0 saturated heterocycles. The Morgan fingerprint density at radius 3 is 2.38 bits per heavy atom. The van der Waals surface area contributed by atoms with Crippen LogP contribution >= 0.6 is 9.24 Å². The lowest BCUT2D eigenvalue weighted by Gasteiger charge is -2.32. The normalized spacial score (nSPS) is 22.8. The van der Waals surface area contributed by atoms with Crippen LogP contribution in [0.25, 0.3) is 0 Å². The first kappa shape index (κ1) is 14.0. The highest BCUT2D eigenvalue weighted by molar-refractivity contribution is 7.20. The smallest absolute Gasteiger partial charge is 0.316 e. The first-order chi connectivity index (χ1) is 7.46. The maximum atomic E-state index is 12.1. The van der Waals surface area contributed by atoms with E-state index in [9.17, 15) is 4.79 Å². The minimum absolute atomic E-state index is 0.0388. The molecule has 94 valence electrons. The van der Waals surface area contributed by atoms with E-state index in [1.165, 1.54) is 12.8 Å². The average molecular weight is 244 g/mol. The molecule has 0 N–H and O–H groups in total. The van der Waals surface area contributed by atoms with Crippen molar-refractivity contribution >= 4 is 15.2 Å². The third-order valence-corrected chi connectivity index (χ3v) is 4.23. The van der Waals surface area contributed by atoms with E-state index >= 15 is 0 Å². The summed E-state index contributed by atoms with van der Waals surface area (Å²) >= 11 is 0. The van der Waals surface area contributed by atoms with Crippen LogP contribution in [0.1, 0.15) is 65.7 Å². The fraction of sp³-hybridized carbons (Fsp3) is 0.923. The second-order valence-electron chi connectivity index (χ2n) is 5.30. The van der Waals surface area contributed by atoms with Crippen molar-refractivity contribution in [2.75, 3.05) is 0 Å². The second kappa shape index (κ2) is 5.49. The summed E-state index contributed by atoms with van der Waals surface area (Å²) < 4.78 is 5.81. The molecule has 2 unspecified atom stereocenters. The van der Waals surface area contributed by atoms with Gasteiger partial charge in [-0.3, -0.25) is 4.79 Å². The summed E-state index contributed by atoms with van der Waals surface area (Å²) in [7, 11) is 2.66. The van der Waals surface area contributed by atoms with E-state index in [2.05, 4.69) is 23.1 Å². The molecule has 0 aliphatic heterocycles. The molecule has 2 nitrogen and oxygen atoms in total. The molecule has 16 heavy (non-hydrogen) atoms. The van der Waals surface area contributed by atoms with Gasteiger partial charge in [-0.2, -0.15) is 0 Å². The fourth-order valence-electron chi connectivity index (χ4n) is 2.48. The van der Waals surface area contributed by atoms with Gasteiger partial charge in [-0.05, 0) is 45.4 Å². The van der Waals surface area contributed by atoms with Crippen LogP contribution in [0.4, 0.5) is 0 Å². The van der Waals surface area contributed by atoms with Crippen LogP contribution in [0.2, 0.25) is 0 Å². The Morgan fingerprint density at radius 2 is 1.94 bits per heavy atom. The van der Waals surface area contributed by atoms with Crippen LogP contribution in [0.5, 0.6) is 0 Å². The molecule has 3 heteroatoms. The van der Waals surface area contributed by atoms with Crippen molar-refractivity contribution in [3.8, 4) is 0 Å². The molecule has 0 spiro atoms. The second-order valence-corrected chi connectivity index (χ2v) is 6.57. The molecule has 2 atom stereocenters. The van der Waals surface area contributed by atoms with Gasteiger partial charge in [0.1, 0.15) is 5.60 Å². The average Bonchev–Trinajstić information content (AvgIpc) is 2.67. The molecule has 1 saturated carbocycles. The lowest BCUT2D eigenvalue weighted by Crippen LogP contribution is -2.39. The Morgan fingerprint density at radius 1 is 1.38 bits per heavy atom. The van der Waals surface area contributed by atoms with Gasteiger partial charge in [0.25, 0.3) is 0 Å². The minimum Gasteiger partial charge on any atom is -0.458 e. The number of carbonyl (C=O) groups excluding carboxylic acids is 1. The molecule has 0 heterocycles. The van der Waals surface area contributed by atoms with Crippen molar-refractivity contribution in [2.45, 2.75) is 76.5 Å². The molecular weight excluding hydrogens is 219 g/mol. The topological polar surface area (TPSA) is 26.3 Å². The van der Waals surface area contributed by atoms with Crippen molar-refractivity contribution in [2.24, 2.45) is 0 Å². The molecule has 0 aromatic rings. The summed E-state index contributed by atoms with van der Waals surface area (Å²) in [6.07, 6.45) is 7.31. The summed E-state index contributed by atoms with van der Waals surface area (Å²) in [5.74, 6) is -0.0388. The van der Waals surface area contributed by atoms with Crippen LogP contribution < -0.4 is 0 Å². The van der Waals surface area contributed by atoms with Crippen LogP contribution in [-0.4, -0.2) is 16.7 Å². The number of hydrogen-bond acceptors (Lipinski definition) is 2. The largest absolute Gasteiger partial charge is 0.458 e. The van der Waals surface area contributed by atoms with Gasteiger partial charge < -0.3 is 4.74 Å². The van der Waals surface area contributed by atoms with Crippen molar-refractivity contribution in [3.05, 3.63) is 0 Å². The first-order valence-electron chi connectivity index (χ1n) is 6.48. The van der Waals surface area contributed by atoms with Gasteiger partial charge in [0.2, 0.25) is 0 Å². The molecular formula is C13H25O2P. The Hall–Kier alpha value is -0.100. The number of rotatable bonds is 5. The maximum absolute atomic E-state index is 12.1.